The highest BCUT2D eigenvalue weighted by atomic mass is 32.2. The van der Waals surface area contributed by atoms with Gasteiger partial charge in [-0.2, -0.15) is 17.5 Å². The summed E-state index contributed by atoms with van der Waals surface area (Å²) in [4.78, 5) is 19.0. The van der Waals surface area contributed by atoms with Crippen LogP contribution in [0.1, 0.15) is 22.3 Å². The van der Waals surface area contributed by atoms with Gasteiger partial charge in [0.25, 0.3) is 5.91 Å². The minimum atomic E-state index is -4.65. The van der Waals surface area contributed by atoms with Gasteiger partial charge in [0.15, 0.2) is 0 Å². The number of amides is 1. The SMILES string of the molecule is O=C(Nc1ccc(N2CCCN(S(=O)(=O)c3ccccc3)CC2)nc1)c1ccccc1C(F)(F)F. The minimum Gasteiger partial charge on any atom is -0.355 e. The smallest absolute Gasteiger partial charge is 0.355 e. The lowest BCUT2D eigenvalue weighted by atomic mass is 10.1. The van der Waals surface area contributed by atoms with E-state index >= 15 is 0 Å². The van der Waals surface area contributed by atoms with E-state index in [0.717, 1.165) is 12.1 Å². The van der Waals surface area contributed by atoms with Crippen molar-refractivity contribution in [1.82, 2.24) is 9.29 Å². The van der Waals surface area contributed by atoms with E-state index < -0.39 is 33.2 Å². The number of aromatic nitrogens is 1. The summed E-state index contributed by atoms with van der Waals surface area (Å²) in [5.74, 6) is -0.304. The highest BCUT2D eigenvalue weighted by molar-refractivity contribution is 7.89. The standard InChI is InChI=1S/C24H23F3N4O3S/c25-24(26,27)21-10-5-4-9-20(21)23(32)29-18-11-12-22(28-17-18)30-13-6-14-31(16-15-30)35(33,34)19-7-2-1-3-8-19/h1-5,7-12,17H,6,13-16H2,(H,29,32). The zero-order chi connectivity index (χ0) is 25.1. The van der Waals surface area contributed by atoms with Gasteiger partial charge in [-0.1, -0.05) is 30.3 Å². The van der Waals surface area contributed by atoms with Crippen LogP contribution in [0.2, 0.25) is 0 Å². The lowest BCUT2D eigenvalue weighted by Gasteiger charge is -2.23. The summed E-state index contributed by atoms with van der Waals surface area (Å²) in [5.41, 5.74) is -1.24. The Kier molecular flexibility index (Phi) is 7.08. The average Bonchev–Trinajstić information content (AvgIpc) is 3.11. The molecule has 1 aromatic heterocycles. The number of alkyl halides is 3. The van der Waals surface area contributed by atoms with Gasteiger partial charge in [0.05, 0.1) is 27.9 Å². The van der Waals surface area contributed by atoms with Crippen LogP contribution in [-0.2, 0) is 16.2 Å². The van der Waals surface area contributed by atoms with Crippen molar-refractivity contribution in [3.63, 3.8) is 0 Å². The molecule has 0 spiro atoms. The molecule has 0 unspecified atom stereocenters. The first-order valence-corrected chi connectivity index (χ1v) is 12.3. The van der Waals surface area contributed by atoms with Crippen LogP contribution in [0, 0.1) is 0 Å². The number of nitrogens with zero attached hydrogens (tertiary/aromatic N) is 3. The predicted octanol–water partition coefficient (Wildman–Crippen LogP) is 4.25. The third kappa shape index (κ3) is 5.63. The number of carbonyl (C=O) groups is 1. The van der Waals surface area contributed by atoms with E-state index in [1.807, 2.05) is 4.90 Å². The van der Waals surface area contributed by atoms with Crippen molar-refractivity contribution in [2.75, 3.05) is 36.4 Å². The van der Waals surface area contributed by atoms with Gasteiger partial charge in [-0.15, -0.1) is 0 Å². The molecule has 0 aliphatic carbocycles. The van der Waals surface area contributed by atoms with Gasteiger partial charge < -0.3 is 10.2 Å². The Hall–Kier alpha value is -3.44. The fourth-order valence-electron chi connectivity index (χ4n) is 3.88. The Morgan fingerprint density at radius 2 is 1.60 bits per heavy atom. The van der Waals surface area contributed by atoms with E-state index in [9.17, 15) is 26.4 Å². The van der Waals surface area contributed by atoms with Crippen LogP contribution in [0.15, 0.2) is 77.8 Å². The monoisotopic (exact) mass is 504 g/mol. The topological polar surface area (TPSA) is 82.6 Å². The van der Waals surface area contributed by atoms with E-state index in [-0.39, 0.29) is 17.1 Å². The number of nitrogens with one attached hydrogen (secondary N) is 1. The third-order valence-corrected chi connectivity index (χ3v) is 7.56. The van der Waals surface area contributed by atoms with Crippen molar-refractivity contribution in [3.05, 3.63) is 84.1 Å². The van der Waals surface area contributed by atoms with Gasteiger partial charge in [0, 0.05) is 26.2 Å². The molecule has 35 heavy (non-hydrogen) atoms. The first-order chi connectivity index (χ1) is 16.7. The molecular weight excluding hydrogens is 481 g/mol. The largest absolute Gasteiger partial charge is 0.417 e. The molecule has 1 N–H and O–H groups in total. The molecule has 1 amide bonds. The quantitative estimate of drug-likeness (QED) is 0.562. The third-order valence-electron chi connectivity index (χ3n) is 5.64. The molecule has 1 saturated heterocycles. The summed E-state index contributed by atoms with van der Waals surface area (Å²) in [6, 6.07) is 16.0. The van der Waals surface area contributed by atoms with Crippen molar-refractivity contribution in [2.45, 2.75) is 17.5 Å². The maximum Gasteiger partial charge on any atom is 0.417 e. The lowest BCUT2D eigenvalue weighted by Crippen LogP contribution is -2.35. The fraction of sp³-hybridized carbons (Fsp3) is 0.250. The predicted molar refractivity (Wildman–Crippen MR) is 126 cm³/mol. The first-order valence-electron chi connectivity index (χ1n) is 10.9. The second-order valence-electron chi connectivity index (χ2n) is 7.96. The molecule has 1 fully saturated rings. The molecule has 1 aliphatic heterocycles. The number of hydrogen-bond donors (Lipinski definition) is 1. The van der Waals surface area contributed by atoms with E-state index in [2.05, 4.69) is 10.3 Å². The number of sulfonamides is 1. The Morgan fingerprint density at radius 3 is 2.29 bits per heavy atom. The molecule has 0 radical (unpaired) electrons. The number of rotatable bonds is 5. The average molecular weight is 505 g/mol. The Labute approximate surface area is 201 Å². The summed E-state index contributed by atoms with van der Waals surface area (Å²) in [5, 5.41) is 2.45. The van der Waals surface area contributed by atoms with Gasteiger partial charge in [0.1, 0.15) is 5.82 Å². The van der Waals surface area contributed by atoms with Crippen LogP contribution < -0.4 is 10.2 Å². The van der Waals surface area contributed by atoms with Crippen molar-refractivity contribution in [3.8, 4) is 0 Å². The molecule has 1 aliphatic rings. The van der Waals surface area contributed by atoms with E-state index in [0.29, 0.717) is 31.9 Å². The zero-order valence-corrected chi connectivity index (χ0v) is 19.4. The zero-order valence-electron chi connectivity index (χ0n) is 18.6. The summed E-state index contributed by atoms with van der Waals surface area (Å²) >= 11 is 0. The van der Waals surface area contributed by atoms with Gasteiger partial charge in [-0.25, -0.2) is 13.4 Å². The molecule has 0 saturated carbocycles. The highest BCUT2D eigenvalue weighted by Crippen LogP contribution is 2.32. The molecule has 4 rings (SSSR count). The Bertz CT molecular complexity index is 1280. The van der Waals surface area contributed by atoms with Gasteiger partial charge in [-0.3, -0.25) is 4.79 Å². The summed E-state index contributed by atoms with van der Waals surface area (Å²) in [7, 11) is -3.59. The number of halogens is 3. The molecular formula is C24H23F3N4O3S. The molecule has 2 heterocycles. The van der Waals surface area contributed by atoms with Crippen LogP contribution in [0.25, 0.3) is 0 Å². The van der Waals surface area contributed by atoms with E-state index in [1.54, 1.807) is 42.5 Å². The van der Waals surface area contributed by atoms with Gasteiger partial charge in [0.2, 0.25) is 10.0 Å². The summed E-state index contributed by atoms with van der Waals surface area (Å²) in [6.07, 6.45) is -2.68. The van der Waals surface area contributed by atoms with Crippen LogP contribution in [0.3, 0.4) is 0 Å². The van der Waals surface area contributed by atoms with E-state index in [1.165, 1.54) is 22.6 Å². The van der Waals surface area contributed by atoms with Crippen molar-refractivity contribution in [2.24, 2.45) is 0 Å². The molecule has 2 aromatic carbocycles. The Morgan fingerprint density at radius 1 is 0.886 bits per heavy atom. The van der Waals surface area contributed by atoms with Crippen LogP contribution in [0.5, 0.6) is 0 Å². The second-order valence-corrected chi connectivity index (χ2v) is 9.90. The molecule has 7 nitrogen and oxygen atoms in total. The molecule has 3 aromatic rings. The van der Waals surface area contributed by atoms with Crippen LogP contribution in [0.4, 0.5) is 24.7 Å². The number of hydrogen-bond acceptors (Lipinski definition) is 5. The maximum atomic E-state index is 13.2. The van der Waals surface area contributed by atoms with Gasteiger partial charge >= 0.3 is 6.18 Å². The minimum absolute atomic E-state index is 0.249. The van der Waals surface area contributed by atoms with Crippen LogP contribution in [-0.4, -0.2) is 49.8 Å². The molecule has 184 valence electrons. The number of carbonyl (C=O) groups excluding carboxylic acids is 1. The number of pyridine rings is 1. The highest BCUT2D eigenvalue weighted by Gasteiger charge is 2.35. The molecule has 11 heteroatoms. The van der Waals surface area contributed by atoms with Crippen molar-refractivity contribution in [1.29, 1.82) is 0 Å². The normalized spacial score (nSPS) is 15.5. The van der Waals surface area contributed by atoms with Crippen LogP contribution >= 0.6 is 0 Å². The molecule has 0 atom stereocenters. The first kappa shape index (κ1) is 24.7. The second kappa shape index (κ2) is 10.0. The maximum absolute atomic E-state index is 13.2. The van der Waals surface area contributed by atoms with Crippen molar-refractivity contribution >= 4 is 27.4 Å². The lowest BCUT2D eigenvalue weighted by molar-refractivity contribution is -0.137. The van der Waals surface area contributed by atoms with Gasteiger partial charge in [-0.05, 0) is 42.8 Å². The Balaban J connectivity index is 1.42. The van der Waals surface area contributed by atoms with E-state index in [4.69, 9.17) is 0 Å². The van der Waals surface area contributed by atoms with Crippen molar-refractivity contribution < 1.29 is 26.4 Å². The molecule has 0 bridgehead atoms. The summed E-state index contributed by atoms with van der Waals surface area (Å²) in [6.45, 7) is 1.66. The number of anilines is 2. The summed E-state index contributed by atoms with van der Waals surface area (Å²) < 4.78 is 66.9. The number of benzene rings is 2. The fourth-order valence-corrected chi connectivity index (χ4v) is 5.37.